The largest absolute Gasteiger partial charge is 0.496 e. The Morgan fingerprint density at radius 1 is 1.00 bits per heavy atom. The van der Waals surface area contributed by atoms with Gasteiger partial charge >= 0.3 is 5.97 Å². The summed E-state index contributed by atoms with van der Waals surface area (Å²) < 4.78 is 20.8. The van der Waals surface area contributed by atoms with Crippen LogP contribution in [0.25, 0.3) is 0 Å². The molecule has 0 aromatic heterocycles. The predicted molar refractivity (Wildman–Crippen MR) is 79.1 cm³/mol. The number of nitrogens with one attached hydrogen (secondary N) is 1. The molecule has 0 saturated heterocycles. The zero-order chi connectivity index (χ0) is 16.0. The van der Waals surface area contributed by atoms with Gasteiger partial charge in [-0.15, -0.1) is 0 Å². The van der Waals surface area contributed by atoms with Gasteiger partial charge in [0.2, 0.25) is 0 Å². The van der Waals surface area contributed by atoms with Gasteiger partial charge in [-0.2, -0.15) is 0 Å². The van der Waals surface area contributed by atoms with Gasteiger partial charge in [0.05, 0.1) is 34.0 Å². The first-order valence-electron chi connectivity index (χ1n) is 6.62. The molecule has 0 aliphatic heterocycles. The highest BCUT2D eigenvalue weighted by molar-refractivity contribution is 5.80. The molecule has 0 bridgehead atoms. The van der Waals surface area contributed by atoms with Crippen LogP contribution in [-0.2, 0) is 9.53 Å². The summed E-state index contributed by atoms with van der Waals surface area (Å²) in [6.07, 6.45) is 0. The van der Waals surface area contributed by atoms with Crippen molar-refractivity contribution in [3.8, 4) is 17.2 Å². The molecule has 1 unspecified atom stereocenters. The van der Waals surface area contributed by atoms with Crippen LogP contribution < -0.4 is 19.5 Å². The molecule has 0 amide bonds. The van der Waals surface area contributed by atoms with Crippen LogP contribution in [0.3, 0.4) is 0 Å². The maximum Gasteiger partial charge on any atom is 0.327 e. The number of benzene rings is 1. The second-order valence-corrected chi connectivity index (χ2v) is 4.72. The fraction of sp³-hybridized carbons (Fsp3) is 0.533. The number of rotatable bonds is 7. The normalized spacial score (nSPS) is 12.0. The summed E-state index contributed by atoms with van der Waals surface area (Å²) in [6.45, 7) is 3.89. The highest BCUT2D eigenvalue weighted by Crippen LogP contribution is 2.38. The molecule has 1 N–H and O–H groups in total. The van der Waals surface area contributed by atoms with Crippen molar-refractivity contribution in [3.63, 3.8) is 0 Å². The minimum absolute atomic E-state index is 0.0746. The average molecular weight is 297 g/mol. The van der Waals surface area contributed by atoms with E-state index in [9.17, 15) is 4.79 Å². The summed E-state index contributed by atoms with van der Waals surface area (Å²) in [5, 5.41) is 3.16. The van der Waals surface area contributed by atoms with E-state index < -0.39 is 12.0 Å². The molecule has 1 aromatic rings. The zero-order valence-electron chi connectivity index (χ0n) is 13.4. The molecule has 1 atom stereocenters. The topological polar surface area (TPSA) is 66.0 Å². The molecule has 1 aromatic carbocycles. The van der Waals surface area contributed by atoms with E-state index in [4.69, 9.17) is 18.9 Å². The van der Waals surface area contributed by atoms with E-state index in [1.807, 2.05) is 13.8 Å². The van der Waals surface area contributed by atoms with Gasteiger partial charge in [-0.3, -0.25) is 5.32 Å². The summed E-state index contributed by atoms with van der Waals surface area (Å²) in [5.74, 6) is 1.16. The van der Waals surface area contributed by atoms with Crippen molar-refractivity contribution in [3.05, 3.63) is 17.7 Å². The summed E-state index contributed by atoms with van der Waals surface area (Å²) in [5.41, 5.74) is 0.585. The number of hydrogen-bond donors (Lipinski definition) is 1. The zero-order valence-corrected chi connectivity index (χ0v) is 13.4. The number of carbonyl (C=O) groups excluding carboxylic acids is 1. The third-order valence-corrected chi connectivity index (χ3v) is 2.98. The van der Waals surface area contributed by atoms with E-state index in [0.717, 1.165) is 0 Å². The SMILES string of the molecule is COC(=O)C(NC(C)C)c1c(OC)cc(OC)cc1OC. The van der Waals surface area contributed by atoms with Crippen LogP contribution in [0, 0.1) is 0 Å². The highest BCUT2D eigenvalue weighted by Gasteiger charge is 2.29. The average Bonchev–Trinajstić information content (AvgIpc) is 2.50. The molecule has 0 saturated carbocycles. The van der Waals surface area contributed by atoms with E-state index in [2.05, 4.69) is 5.32 Å². The van der Waals surface area contributed by atoms with E-state index in [-0.39, 0.29) is 6.04 Å². The second kappa shape index (κ2) is 7.73. The molecular weight excluding hydrogens is 274 g/mol. The Bertz CT molecular complexity index is 462. The van der Waals surface area contributed by atoms with Gasteiger partial charge in [-0.25, -0.2) is 4.79 Å². The van der Waals surface area contributed by atoms with Crippen molar-refractivity contribution in [2.24, 2.45) is 0 Å². The van der Waals surface area contributed by atoms with Gasteiger partial charge in [0.1, 0.15) is 23.3 Å². The Balaban J connectivity index is 3.43. The van der Waals surface area contributed by atoms with Gasteiger partial charge in [0, 0.05) is 18.2 Å². The minimum Gasteiger partial charge on any atom is -0.496 e. The van der Waals surface area contributed by atoms with Crippen LogP contribution in [0.4, 0.5) is 0 Å². The molecule has 0 heterocycles. The van der Waals surface area contributed by atoms with Crippen LogP contribution >= 0.6 is 0 Å². The lowest BCUT2D eigenvalue weighted by Crippen LogP contribution is -2.35. The van der Waals surface area contributed by atoms with Crippen molar-refractivity contribution >= 4 is 5.97 Å². The molecule has 0 aliphatic rings. The van der Waals surface area contributed by atoms with Crippen molar-refractivity contribution in [1.29, 1.82) is 0 Å². The molecule has 0 aliphatic carbocycles. The lowest BCUT2D eigenvalue weighted by molar-refractivity contribution is -0.143. The smallest absolute Gasteiger partial charge is 0.327 e. The molecule has 0 spiro atoms. The number of methoxy groups -OCH3 is 4. The van der Waals surface area contributed by atoms with Crippen molar-refractivity contribution in [2.45, 2.75) is 25.9 Å². The molecule has 1 rings (SSSR count). The summed E-state index contributed by atoms with van der Waals surface area (Å²) in [4.78, 5) is 12.1. The monoisotopic (exact) mass is 297 g/mol. The Labute approximate surface area is 125 Å². The van der Waals surface area contributed by atoms with Crippen molar-refractivity contribution in [1.82, 2.24) is 5.32 Å². The van der Waals surface area contributed by atoms with Gasteiger partial charge < -0.3 is 18.9 Å². The van der Waals surface area contributed by atoms with Gasteiger partial charge in [0.25, 0.3) is 0 Å². The van der Waals surface area contributed by atoms with Gasteiger partial charge in [-0.1, -0.05) is 0 Å². The Morgan fingerprint density at radius 2 is 1.52 bits per heavy atom. The van der Waals surface area contributed by atoms with Crippen molar-refractivity contribution < 1.29 is 23.7 Å². The van der Waals surface area contributed by atoms with E-state index in [0.29, 0.717) is 22.8 Å². The number of esters is 1. The summed E-state index contributed by atoms with van der Waals surface area (Å²) in [6, 6.07) is 2.79. The molecule has 21 heavy (non-hydrogen) atoms. The maximum atomic E-state index is 12.1. The first kappa shape index (κ1) is 17.1. The number of carbonyl (C=O) groups is 1. The quantitative estimate of drug-likeness (QED) is 0.776. The number of hydrogen-bond acceptors (Lipinski definition) is 6. The van der Waals surface area contributed by atoms with Crippen molar-refractivity contribution in [2.75, 3.05) is 28.4 Å². The Hall–Kier alpha value is -1.95. The Kier molecular flexibility index (Phi) is 6.30. The van der Waals surface area contributed by atoms with Crippen LogP contribution in [0.15, 0.2) is 12.1 Å². The van der Waals surface area contributed by atoms with Crippen LogP contribution in [0.1, 0.15) is 25.5 Å². The lowest BCUT2D eigenvalue weighted by Gasteiger charge is -2.23. The highest BCUT2D eigenvalue weighted by atomic mass is 16.5. The van der Waals surface area contributed by atoms with Crippen LogP contribution in [-0.4, -0.2) is 40.5 Å². The molecule has 6 nitrogen and oxygen atoms in total. The van der Waals surface area contributed by atoms with Gasteiger partial charge in [0.15, 0.2) is 0 Å². The number of ether oxygens (including phenoxy) is 4. The summed E-state index contributed by atoms with van der Waals surface area (Å²) in [7, 11) is 5.96. The molecule has 118 valence electrons. The molecule has 6 heteroatoms. The molecule has 0 radical (unpaired) electrons. The van der Waals surface area contributed by atoms with Crippen LogP contribution in [0.2, 0.25) is 0 Å². The standard InChI is InChI=1S/C15H23NO5/c1-9(2)16-14(15(17)21-6)13-11(19-4)7-10(18-3)8-12(13)20-5/h7-9,14,16H,1-6H3. The van der Waals surface area contributed by atoms with Crippen LogP contribution in [0.5, 0.6) is 17.2 Å². The Morgan fingerprint density at radius 3 is 1.86 bits per heavy atom. The first-order chi connectivity index (χ1) is 9.98. The third-order valence-electron chi connectivity index (χ3n) is 2.98. The first-order valence-corrected chi connectivity index (χ1v) is 6.62. The minimum atomic E-state index is -0.689. The molecular formula is C15H23NO5. The maximum absolute atomic E-state index is 12.1. The lowest BCUT2D eigenvalue weighted by atomic mass is 10.0. The third kappa shape index (κ3) is 4.01. The second-order valence-electron chi connectivity index (χ2n) is 4.72. The van der Waals surface area contributed by atoms with E-state index >= 15 is 0 Å². The molecule has 0 fully saturated rings. The van der Waals surface area contributed by atoms with E-state index in [1.165, 1.54) is 21.3 Å². The fourth-order valence-corrected chi connectivity index (χ4v) is 2.04. The fourth-order valence-electron chi connectivity index (χ4n) is 2.04. The predicted octanol–water partition coefficient (Wildman–Crippen LogP) is 1.92. The van der Waals surface area contributed by atoms with Gasteiger partial charge in [-0.05, 0) is 13.8 Å². The summed E-state index contributed by atoms with van der Waals surface area (Å²) >= 11 is 0. The van der Waals surface area contributed by atoms with E-state index in [1.54, 1.807) is 19.2 Å².